The molecule has 29 heavy (non-hydrogen) atoms. The molecule has 1 aliphatic heterocycles. The molecule has 2 aromatic carbocycles. The van der Waals surface area contributed by atoms with E-state index < -0.39 is 0 Å². The lowest BCUT2D eigenvalue weighted by Gasteiger charge is -2.27. The summed E-state index contributed by atoms with van der Waals surface area (Å²) in [6.07, 6.45) is 4.63. The van der Waals surface area contributed by atoms with Gasteiger partial charge in [0.2, 0.25) is 5.95 Å². The monoisotopic (exact) mass is 388 g/mol. The Morgan fingerprint density at radius 3 is 2.41 bits per heavy atom. The maximum atomic E-state index is 5.23. The summed E-state index contributed by atoms with van der Waals surface area (Å²) in [4.78, 5) is 12.0. The molecule has 1 N–H and O–H groups in total. The Balaban J connectivity index is 1.51. The van der Waals surface area contributed by atoms with Crippen molar-refractivity contribution in [1.29, 1.82) is 0 Å². The van der Waals surface area contributed by atoms with Crippen LogP contribution in [0.3, 0.4) is 0 Å². The lowest BCUT2D eigenvalue weighted by Crippen LogP contribution is -2.31. The van der Waals surface area contributed by atoms with E-state index in [0.29, 0.717) is 0 Å². The molecule has 1 aliphatic rings. The molecule has 150 valence electrons. The van der Waals surface area contributed by atoms with Gasteiger partial charge in [-0.2, -0.15) is 4.98 Å². The Morgan fingerprint density at radius 2 is 1.69 bits per heavy atom. The highest BCUT2D eigenvalue weighted by atomic mass is 16.5. The summed E-state index contributed by atoms with van der Waals surface area (Å²) < 4.78 is 5.23. The third-order valence-electron chi connectivity index (χ3n) is 5.30. The van der Waals surface area contributed by atoms with Crippen molar-refractivity contribution in [3.63, 3.8) is 0 Å². The molecule has 3 aromatic rings. The van der Waals surface area contributed by atoms with Crippen LogP contribution in [0.4, 0.5) is 11.8 Å². The van der Waals surface area contributed by atoms with Crippen LogP contribution in [0.25, 0.3) is 11.3 Å². The molecule has 0 spiro atoms. The predicted octanol–water partition coefficient (Wildman–Crippen LogP) is 4.80. The van der Waals surface area contributed by atoms with Crippen molar-refractivity contribution in [1.82, 2.24) is 9.97 Å². The van der Waals surface area contributed by atoms with Gasteiger partial charge in [-0.1, -0.05) is 42.5 Å². The minimum Gasteiger partial charge on any atom is -0.497 e. The third kappa shape index (κ3) is 5.05. The maximum absolute atomic E-state index is 5.23. The second-order valence-corrected chi connectivity index (χ2v) is 7.38. The van der Waals surface area contributed by atoms with Crippen LogP contribution in [-0.2, 0) is 6.42 Å². The Labute approximate surface area is 172 Å². The Kier molecular flexibility index (Phi) is 6.25. The summed E-state index contributed by atoms with van der Waals surface area (Å²) in [6.45, 7) is 2.88. The van der Waals surface area contributed by atoms with Gasteiger partial charge in [-0.05, 0) is 43.4 Å². The predicted molar refractivity (Wildman–Crippen MR) is 119 cm³/mol. The highest BCUT2D eigenvalue weighted by Crippen LogP contribution is 2.24. The van der Waals surface area contributed by atoms with Gasteiger partial charge < -0.3 is 15.0 Å². The average Bonchev–Trinajstić information content (AvgIpc) is 2.80. The summed E-state index contributed by atoms with van der Waals surface area (Å²) >= 11 is 0. The first-order valence-electron chi connectivity index (χ1n) is 10.4. The number of hydrogen-bond acceptors (Lipinski definition) is 5. The van der Waals surface area contributed by atoms with Crippen LogP contribution in [0.2, 0.25) is 0 Å². The zero-order chi connectivity index (χ0) is 19.9. The molecule has 0 amide bonds. The van der Waals surface area contributed by atoms with E-state index in [2.05, 4.69) is 52.7 Å². The Hall–Kier alpha value is -3.08. The number of aromatic nitrogens is 2. The summed E-state index contributed by atoms with van der Waals surface area (Å²) in [5.41, 5.74) is 3.35. The van der Waals surface area contributed by atoms with E-state index in [-0.39, 0.29) is 0 Å². The van der Waals surface area contributed by atoms with E-state index in [1.165, 1.54) is 24.8 Å². The second kappa shape index (κ2) is 9.41. The van der Waals surface area contributed by atoms with E-state index >= 15 is 0 Å². The van der Waals surface area contributed by atoms with Crippen LogP contribution in [0.1, 0.15) is 24.8 Å². The van der Waals surface area contributed by atoms with E-state index in [1.54, 1.807) is 7.11 Å². The molecule has 4 rings (SSSR count). The van der Waals surface area contributed by atoms with E-state index in [9.17, 15) is 0 Å². The molecule has 0 saturated carbocycles. The van der Waals surface area contributed by atoms with Crippen LogP contribution in [0, 0.1) is 0 Å². The Morgan fingerprint density at radius 1 is 0.931 bits per heavy atom. The van der Waals surface area contributed by atoms with Crippen molar-refractivity contribution >= 4 is 11.8 Å². The second-order valence-electron chi connectivity index (χ2n) is 7.38. The first kappa shape index (κ1) is 19.2. The van der Waals surface area contributed by atoms with Crippen LogP contribution < -0.4 is 15.0 Å². The zero-order valence-corrected chi connectivity index (χ0v) is 17.0. The van der Waals surface area contributed by atoms with E-state index in [4.69, 9.17) is 14.7 Å². The molecule has 0 unspecified atom stereocenters. The van der Waals surface area contributed by atoms with Crippen LogP contribution in [0.5, 0.6) is 5.75 Å². The van der Waals surface area contributed by atoms with Crippen LogP contribution >= 0.6 is 0 Å². The lowest BCUT2D eigenvalue weighted by molar-refractivity contribution is 0.414. The van der Waals surface area contributed by atoms with Gasteiger partial charge in [0.15, 0.2) is 0 Å². The lowest BCUT2D eigenvalue weighted by atomic mass is 10.1. The first-order valence-corrected chi connectivity index (χ1v) is 10.4. The number of hydrogen-bond donors (Lipinski definition) is 1. The first-order chi connectivity index (χ1) is 14.3. The van der Waals surface area contributed by atoms with Gasteiger partial charge in [0, 0.05) is 31.3 Å². The van der Waals surface area contributed by atoms with Gasteiger partial charge in [-0.25, -0.2) is 4.98 Å². The van der Waals surface area contributed by atoms with Crippen molar-refractivity contribution in [2.45, 2.75) is 25.7 Å². The molecule has 0 bridgehead atoms. The zero-order valence-electron chi connectivity index (χ0n) is 17.0. The summed E-state index contributed by atoms with van der Waals surface area (Å²) in [6, 6.07) is 20.6. The van der Waals surface area contributed by atoms with Gasteiger partial charge in [0.1, 0.15) is 11.6 Å². The summed E-state index contributed by atoms with van der Waals surface area (Å²) in [5.74, 6) is 2.60. The minimum atomic E-state index is 0.816. The molecule has 2 heterocycles. The van der Waals surface area contributed by atoms with E-state index in [0.717, 1.165) is 54.8 Å². The van der Waals surface area contributed by atoms with Gasteiger partial charge in [0.25, 0.3) is 0 Å². The number of rotatable bonds is 7. The highest BCUT2D eigenvalue weighted by Gasteiger charge is 2.16. The maximum Gasteiger partial charge on any atom is 0.227 e. The smallest absolute Gasteiger partial charge is 0.227 e. The molecule has 1 saturated heterocycles. The van der Waals surface area contributed by atoms with Crippen molar-refractivity contribution in [3.8, 4) is 17.0 Å². The number of benzene rings is 2. The van der Waals surface area contributed by atoms with Crippen molar-refractivity contribution in [2.75, 3.05) is 37.0 Å². The van der Waals surface area contributed by atoms with E-state index in [1.807, 2.05) is 18.2 Å². The molecule has 5 nitrogen and oxygen atoms in total. The van der Waals surface area contributed by atoms with Crippen molar-refractivity contribution in [3.05, 3.63) is 66.2 Å². The topological polar surface area (TPSA) is 50.3 Å². The standard InChI is InChI=1S/C24H28N4O/c1-29-21-12-10-19(11-13-21)14-15-25-23-18-22(20-8-4-2-5-9-20)26-24(27-23)28-16-6-3-7-17-28/h2,4-5,8-13,18H,3,6-7,14-17H2,1H3,(H,25,26,27). The van der Waals surface area contributed by atoms with Gasteiger partial charge in [0.05, 0.1) is 12.8 Å². The normalized spacial score (nSPS) is 13.9. The molecule has 0 aliphatic carbocycles. The van der Waals surface area contributed by atoms with Crippen LogP contribution in [0.15, 0.2) is 60.7 Å². The number of ether oxygens (including phenoxy) is 1. The largest absolute Gasteiger partial charge is 0.497 e. The average molecular weight is 389 g/mol. The SMILES string of the molecule is COc1ccc(CCNc2cc(-c3ccccc3)nc(N3CCCCC3)n2)cc1. The molecule has 0 radical (unpaired) electrons. The van der Waals surface area contributed by atoms with Gasteiger partial charge in [-0.3, -0.25) is 0 Å². The number of piperidine rings is 1. The number of methoxy groups -OCH3 is 1. The molecule has 0 atom stereocenters. The van der Waals surface area contributed by atoms with Gasteiger partial charge in [-0.15, -0.1) is 0 Å². The Bertz CT molecular complexity index is 906. The fraction of sp³-hybridized carbons (Fsp3) is 0.333. The minimum absolute atomic E-state index is 0.816. The molecular weight excluding hydrogens is 360 g/mol. The van der Waals surface area contributed by atoms with Crippen molar-refractivity contribution in [2.24, 2.45) is 0 Å². The fourth-order valence-electron chi connectivity index (χ4n) is 3.64. The number of anilines is 2. The fourth-order valence-corrected chi connectivity index (χ4v) is 3.64. The quantitative estimate of drug-likeness (QED) is 0.630. The molecule has 5 heteroatoms. The number of nitrogens with zero attached hydrogens (tertiary/aromatic N) is 3. The van der Waals surface area contributed by atoms with Crippen LogP contribution in [-0.4, -0.2) is 36.7 Å². The third-order valence-corrected chi connectivity index (χ3v) is 5.30. The summed E-state index contributed by atoms with van der Waals surface area (Å²) in [5, 5.41) is 3.50. The highest BCUT2D eigenvalue weighted by molar-refractivity contribution is 5.64. The molecular formula is C24H28N4O. The number of nitrogens with one attached hydrogen (secondary N) is 1. The molecule has 1 aromatic heterocycles. The van der Waals surface area contributed by atoms with Crippen molar-refractivity contribution < 1.29 is 4.74 Å². The summed E-state index contributed by atoms with van der Waals surface area (Å²) in [7, 11) is 1.69. The molecule has 1 fully saturated rings. The van der Waals surface area contributed by atoms with Gasteiger partial charge >= 0.3 is 0 Å².